The van der Waals surface area contributed by atoms with Crippen molar-refractivity contribution in [2.24, 2.45) is 0 Å². The molecule has 2 aromatic rings. The van der Waals surface area contributed by atoms with E-state index >= 15 is 0 Å². The zero-order valence-corrected chi connectivity index (χ0v) is 18.1. The Hall–Kier alpha value is -2.54. The Morgan fingerprint density at radius 3 is 2.37 bits per heavy atom. The molecule has 1 aromatic carbocycles. The molecule has 0 radical (unpaired) electrons. The van der Waals surface area contributed by atoms with Gasteiger partial charge in [-0.2, -0.15) is 4.98 Å². The Morgan fingerprint density at radius 1 is 0.967 bits per heavy atom. The summed E-state index contributed by atoms with van der Waals surface area (Å²) in [5.41, 5.74) is 0.982. The molecule has 0 spiro atoms. The molecular formula is C22H28ClN5O2. The topological polar surface area (TPSA) is 61.8 Å². The van der Waals surface area contributed by atoms with Gasteiger partial charge in [0.2, 0.25) is 5.95 Å². The summed E-state index contributed by atoms with van der Waals surface area (Å²) < 4.78 is 5.60. The molecule has 0 bridgehead atoms. The van der Waals surface area contributed by atoms with Crippen LogP contribution in [-0.4, -0.2) is 66.7 Å². The minimum absolute atomic E-state index is 0.00234. The fourth-order valence-corrected chi connectivity index (χ4v) is 4.01. The number of piperidine rings is 1. The molecule has 8 heteroatoms. The van der Waals surface area contributed by atoms with E-state index in [1.807, 2.05) is 17.9 Å². The molecule has 0 unspecified atom stereocenters. The number of ether oxygens (including phenoxy) is 1. The number of benzene rings is 1. The van der Waals surface area contributed by atoms with Crippen molar-refractivity contribution in [3.8, 4) is 5.75 Å². The summed E-state index contributed by atoms with van der Waals surface area (Å²) in [5, 5.41) is 0.646. The number of carbonyl (C=O) groups is 1. The number of rotatable bonds is 5. The van der Waals surface area contributed by atoms with Gasteiger partial charge in [-0.25, -0.2) is 4.98 Å². The Kier molecular flexibility index (Phi) is 6.57. The summed E-state index contributed by atoms with van der Waals surface area (Å²) in [4.78, 5) is 28.4. The van der Waals surface area contributed by atoms with Gasteiger partial charge in [0.25, 0.3) is 5.91 Å². The highest BCUT2D eigenvalue weighted by Gasteiger charge is 2.23. The molecule has 2 aliphatic heterocycles. The predicted molar refractivity (Wildman–Crippen MR) is 119 cm³/mol. The SMILES string of the molecule is Cc1cc(N2CCN(C(=O)COc3ccc(Cl)cc3)CC2)nc(N2CCCCC2)n1. The standard InChI is InChI=1S/C22H28ClN5O2/c1-17-15-20(25-22(24-17)28-9-3-2-4-10-28)26-11-13-27(14-12-26)21(29)16-30-19-7-5-18(23)6-8-19/h5-8,15H,2-4,9-14,16H2,1H3. The number of anilines is 2. The second-order valence-electron chi connectivity index (χ2n) is 7.83. The summed E-state index contributed by atoms with van der Waals surface area (Å²) in [6.07, 6.45) is 3.68. The zero-order valence-electron chi connectivity index (χ0n) is 17.4. The first-order valence-corrected chi connectivity index (χ1v) is 11.0. The monoisotopic (exact) mass is 429 g/mol. The largest absolute Gasteiger partial charge is 0.484 e. The lowest BCUT2D eigenvalue weighted by Crippen LogP contribution is -2.50. The van der Waals surface area contributed by atoms with Crippen LogP contribution in [0.25, 0.3) is 0 Å². The van der Waals surface area contributed by atoms with Crippen molar-refractivity contribution >= 4 is 29.3 Å². The normalized spacial score (nSPS) is 17.2. The maximum Gasteiger partial charge on any atom is 0.260 e. The molecule has 2 fully saturated rings. The summed E-state index contributed by atoms with van der Waals surface area (Å²) >= 11 is 5.88. The molecular weight excluding hydrogens is 402 g/mol. The molecule has 30 heavy (non-hydrogen) atoms. The summed E-state index contributed by atoms with van der Waals surface area (Å²) in [5.74, 6) is 2.43. The smallest absolute Gasteiger partial charge is 0.260 e. The Morgan fingerprint density at radius 2 is 1.67 bits per heavy atom. The average molecular weight is 430 g/mol. The van der Waals surface area contributed by atoms with Gasteiger partial charge in [0.15, 0.2) is 6.61 Å². The number of hydrogen-bond acceptors (Lipinski definition) is 6. The first kappa shape index (κ1) is 20.7. The predicted octanol–water partition coefficient (Wildman–Crippen LogP) is 3.16. The van der Waals surface area contributed by atoms with Gasteiger partial charge < -0.3 is 19.4 Å². The highest BCUT2D eigenvalue weighted by atomic mass is 35.5. The van der Waals surface area contributed by atoms with Gasteiger partial charge in [-0.05, 0) is 50.5 Å². The van der Waals surface area contributed by atoms with Crippen LogP contribution in [0.2, 0.25) is 5.02 Å². The van der Waals surface area contributed by atoms with Crippen molar-refractivity contribution < 1.29 is 9.53 Å². The molecule has 0 atom stereocenters. The quantitative estimate of drug-likeness (QED) is 0.727. The maximum absolute atomic E-state index is 12.5. The molecule has 7 nitrogen and oxygen atoms in total. The van der Waals surface area contributed by atoms with Crippen LogP contribution in [-0.2, 0) is 4.79 Å². The van der Waals surface area contributed by atoms with Gasteiger partial charge in [0, 0.05) is 56.1 Å². The molecule has 160 valence electrons. The molecule has 4 rings (SSSR count). The van der Waals surface area contributed by atoms with Crippen molar-refractivity contribution in [3.05, 3.63) is 41.0 Å². The van der Waals surface area contributed by atoms with Crippen LogP contribution in [0.4, 0.5) is 11.8 Å². The summed E-state index contributed by atoms with van der Waals surface area (Å²) in [7, 11) is 0. The fourth-order valence-electron chi connectivity index (χ4n) is 3.89. The molecule has 1 amide bonds. The maximum atomic E-state index is 12.5. The number of aromatic nitrogens is 2. The van der Waals surface area contributed by atoms with Crippen LogP contribution >= 0.6 is 11.6 Å². The van der Waals surface area contributed by atoms with Gasteiger partial charge in [-0.3, -0.25) is 4.79 Å². The number of amides is 1. The van der Waals surface area contributed by atoms with Crippen LogP contribution < -0.4 is 14.5 Å². The minimum Gasteiger partial charge on any atom is -0.484 e. The van der Waals surface area contributed by atoms with E-state index in [1.54, 1.807) is 24.3 Å². The lowest BCUT2D eigenvalue weighted by molar-refractivity contribution is -0.133. The van der Waals surface area contributed by atoms with E-state index in [2.05, 4.69) is 14.8 Å². The van der Waals surface area contributed by atoms with Gasteiger partial charge in [-0.15, -0.1) is 0 Å². The summed E-state index contributed by atoms with van der Waals surface area (Å²) in [6, 6.07) is 9.08. The van der Waals surface area contributed by atoms with Crippen LogP contribution in [0.1, 0.15) is 25.0 Å². The van der Waals surface area contributed by atoms with Crippen LogP contribution in [0, 0.1) is 6.92 Å². The number of halogens is 1. The number of aryl methyl sites for hydroxylation is 1. The molecule has 1 aromatic heterocycles. The molecule has 0 saturated carbocycles. The number of carbonyl (C=O) groups excluding carboxylic acids is 1. The van der Waals surface area contributed by atoms with Crippen molar-refractivity contribution in [1.82, 2.24) is 14.9 Å². The average Bonchev–Trinajstić information content (AvgIpc) is 2.79. The lowest BCUT2D eigenvalue weighted by atomic mass is 10.1. The number of hydrogen-bond donors (Lipinski definition) is 0. The third kappa shape index (κ3) is 5.14. The van der Waals surface area contributed by atoms with Gasteiger partial charge in [0.05, 0.1) is 0 Å². The van der Waals surface area contributed by atoms with Gasteiger partial charge >= 0.3 is 0 Å². The van der Waals surface area contributed by atoms with E-state index < -0.39 is 0 Å². The number of nitrogens with zero attached hydrogens (tertiary/aromatic N) is 5. The Labute approximate surface area is 182 Å². The minimum atomic E-state index is -0.00234. The molecule has 3 heterocycles. The Balaban J connectivity index is 1.32. The summed E-state index contributed by atoms with van der Waals surface area (Å²) in [6.45, 7) is 6.93. The second-order valence-corrected chi connectivity index (χ2v) is 8.26. The van der Waals surface area contributed by atoms with E-state index in [-0.39, 0.29) is 12.5 Å². The van der Waals surface area contributed by atoms with Gasteiger partial charge in [-0.1, -0.05) is 11.6 Å². The molecule has 2 saturated heterocycles. The Bertz CT molecular complexity index is 862. The number of piperazine rings is 1. The van der Waals surface area contributed by atoms with E-state index in [1.165, 1.54) is 19.3 Å². The van der Waals surface area contributed by atoms with Crippen molar-refractivity contribution in [2.75, 3.05) is 55.7 Å². The van der Waals surface area contributed by atoms with Crippen molar-refractivity contribution in [2.45, 2.75) is 26.2 Å². The lowest BCUT2D eigenvalue weighted by Gasteiger charge is -2.36. The molecule has 0 aliphatic carbocycles. The molecule has 2 aliphatic rings. The van der Waals surface area contributed by atoms with Crippen LogP contribution in [0.3, 0.4) is 0 Å². The van der Waals surface area contributed by atoms with Crippen LogP contribution in [0.15, 0.2) is 30.3 Å². The molecule has 0 N–H and O–H groups in total. The van der Waals surface area contributed by atoms with E-state index in [0.29, 0.717) is 23.9 Å². The van der Waals surface area contributed by atoms with Crippen molar-refractivity contribution in [1.29, 1.82) is 0 Å². The third-order valence-corrected chi connectivity index (χ3v) is 5.85. The van der Waals surface area contributed by atoms with Crippen molar-refractivity contribution in [3.63, 3.8) is 0 Å². The third-order valence-electron chi connectivity index (χ3n) is 5.60. The highest BCUT2D eigenvalue weighted by molar-refractivity contribution is 6.30. The van der Waals surface area contributed by atoms with E-state index in [0.717, 1.165) is 43.6 Å². The van der Waals surface area contributed by atoms with Gasteiger partial charge in [0.1, 0.15) is 11.6 Å². The highest BCUT2D eigenvalue weighted by Crippen LogP contribution is 2.22. The zero-order chi connectivity index (χ0) is 20.9. The first-order valence-electron chi connectivity index (χ1n) is 10.6. The van der Waals surface area contributed by atoms with Crippen LogP contribution in [0.5, 0.6) is 5.75 Å². The second kappa shape index (κ2) is 9.51. The fraction of sp³-hybridized carbons (Fsp3) is 0.500. The van der Waals surface area contributed by atoms with E-state index in [4.69, 9.17) is 21.3 Å². The first-order chi connectivity index (χ1) is 14.6. The van der Waals surface area contributed by atoms with E-state index in [9.17, 15) is 4.79 Å².